The molecule has 0 radical (unpaired) electrons. The number of nitrogens with one attached hydrogen (secondary N) is 3. The third kappa shape index (κ3) is 2.74. The van der Waals surface area contributed by atoms with E-state index in [1.807, 2.05) is 42.6 Å². The van der Waals surface area contributed by atoms with E-state index in [2.05, 4.69) is 51.8 Å². The minimum absolute atomic E-state index is 0.141. The van der Waals surface area contributed by atoms with E-state index in [1.54, 1.807) is 12.4 Å². The Morgan fingerprint density at radius 2 is 1.48 bits per heavy atom. The lowest BCUT2D eigenvalue weighted by atomic mass is 10.1. The second-order valence-corrected chi connectivity index (χ2v) is 8.08. The molecule has 0 spiro atoms. The van der Waals surface area contributed by atoms with Crippen molar-refractivity contribution < 1.29 is 4.79 Å². The van der Waals surface area contributed by atoms with Gasteiger partial charge in [-0.2, -0.15) is 0 Å². The molecular formula is C20H12Br2N4O. The molecule has 0 aliphatic rings. The number of aromatic nitrogens is 4. The van der Waals surface area contributed by atoms with Crippen LogP contribution in [0.4, 0.5) is 0 Å². The van der Waals surface area contributed by atoms with E-state index in [1.165, 1.54) is 0 Å². The zero-order valence-corrected chi connectivity index (χ0v) is 17.0. The van der Waals surface area contributed by atoms with Crippen LogP contribution in [0.5, 0.6) is 0 Å². The molecule has 0 aliphatic carbocycles. The number of fused-ring (bicyclic) bond motifs is 2. The molecule has 27 heavy (non-hydrogen) atoms. The molecule has 2 aromatic carbocycles. The largest absolute Gasteiger partial charge is 0.360 e. The van der Waals surface area contributed by atoms with Crippen LogP contribution in [0.25, 0.3) is 33.1 Å². The van der Waals surface area contributed by atoms with Crippen LogP contribution >= 0.6 is 31.9 Å². The molecule has 132 valence electrons. The normalized spacial score (nSPS) is 11.5. The first kappa shape index (κ1) is 16.5. The van der Waals surface area contributed by atoms with Crippen LogP contribution in [0.2, 0.25) is 0 Å². The van der Waals surface area contributed by atoms with E-state index >= 15 is 0 Å². The fourth-order valence-corrected chi connectivity index (χ4v) is 4.02. The number of hydrogen-bond donors (Lipinski definition) is 3. The Hall–Kier alpha value is -2.64. The van der Waals surface area contributed by atoms with Crippen molar-refractivity contribution in [1.29, 1.82) is 0 Å². The molecule has 5 rings (SSSR count). The molecule has 0 unspecified atom stereocenters. The molecule has 5 aromatic rings. The SMILES string of the molecule is O=C(c1nc(-c2c[nH]c3cc(Br)ccc23)c[nH]1)c1c[nH]c2cc(Br)ccc12. The van der Waals surface area contributed by atoms with Crippen molar-refractivity contribution in [2.24, 2.45) is 0 Å². The van der Waals surface area contributed by atoms with Gasteiger partial charge < -0.3 is 15.0 Å². The van der Waals surface area contributed by atoms with Crippen LogP contribution in [0.3, 0.4) is 0 Å². The summed E-state index contributed by atoms with van der Waals surface area (Å²) in [5, 5.41) is 1.93. The zero-order valence-electron chi connectivity index (χ0n) is 13.8. The number of benzene rings is 2. The summed E-state index contributed by atoms with van der Waals surface area (Å²) >= 11 is 6.92. The summed E-state index contributed by atoms with van der Waals surface area (Å²) < 4.78 is 1.97. The number of aromatic amines is 3. The predicted molar refractivity (Wildman–Crippen MR) is 113 cm³/mol. The minimum Gasteiger partial charge on any atom is -0.360 e. The van der Waals surface area contributed by atoms with Gasteiger partial charge in [0.25, 0.3) is 0 Å². The number of carbonyl (C=O) groups excluding carboxylic acids is 1. The van der Waals surface area contributed by atoms with Crippen LogP contribution in [0.1, 0.15) is 16.2 Å². The summed E-state index contributed by atoms with van der Waals surface area (Å²) in [7, 11) is 0. The number of H-pyrrole nitrogens is 3. The van der Waals surface area contributed by atoms with E-state index < -0.39 is 0 Å². The van der Waals surface area contributed by atoms with Crippen LogP contribution in [-0.4, -0.2) is 25.7 Å². The Balaban J connectivity index is 1.55. The van der Waals surface area contributed by atoms with Crippen LogP contribution < -0.4 is 0 Å². The van der Waals surface area contributed by atoms with E-state index in [0.29, 0.717) is 11.4 Å². The van der Waals surface area contributed by atoms with E-state index in [-0.39, 0.29) is 5.78 Å². The molecule has 0 saturated carbocycles. The number of halogens is 2. The topological polar surface area (TPSA) is 77.3 Å². The molecule has 0 fully saturated rings. The molecule has 7 heteroatoms. The summed E-state index contributed by atoms with van der Waals surface area (Å²) in [6.45, 7) is 0. The third-order valence-corrected chi connectivity index (χ3v) is 5.59. The summed E-state index contributed by atoms with van der Waals surface area (Å²) in [6, 6.07) is 11.8. The Bertz CT molecular complexity index is 1330. The van der Waals surface area contributed by atoms with Crippen molar-refractivity contribution >= 4 is 59.4 Å². The first-order valence-electron chi connectivity index (χ1n) is 8.24. The Kier molecular flexibility index (Phi) is 3.80. The molecule has 3 heterocycles. The number of rotatable bonds is 3. The van der Waals surface area contributed by atoms with Crippen molar-refractivity contribution in [3.63, 3.8) is 0 Å². The van der Waals surface area contributed by atoms with Crippen molar-refractivity contribution in [3.8, 4) is 11.3 Å². The number of nitrogens with zero attached hydrogens (tertiary/aromatic N) is 1. The summed E-state index contributed by atoms with van der Waals surface area (Å²) in [6.07, 6.45) is 5.40. The van der Waals surface area contributed by atoms with Gasteiger partial charge in [0.1, 0.15) is 0 Å². The summed E-state index contributed by atoms with van der Waals surface area (Å²) in [5.41, 5.74) is 4.20. The average Bonchev–Trinajstić information content (AvgIpc) is 3.37. The standard InChI is InChI=1S/C20H12Br2N4O/c21-10-1-3-12-14(7-23-16(12)5-10)18-9-25-20(26-18)19(27)15-8-24-17-6-11(22)2-4-13(15)17/h1-9,23-24H,(H,25,26). The zero-order chi connectivity index (χ0) is 18.5. The highest BCUT2D eigenvalue weighted by molar-refractivity contribution is 9.10. The summed E-state index contributed by atoms with van der Waals surface area (Å²) in [5.74, 6) is 0.178. The Morgan fingerprint density at radius 3 is 2.26 bits per heavy atom. The van der Waals surface area contributed by atoms with Crippen LogP contribution in [0, 0.1) is 0 Å². The molecule has 3 aromatic heterocycles. The van der Waals surface area contributed by atoms with Gasteiger partial charge in [0.2, 0.25) is 5.78 Å². The van der Waals surface area contributed by atoms with Crippen molar-refractivity contribution in [3.05, 3.63) is 75.3 Å². The van der Waals surface area contributed by atoms with Gasteiger partial charge in [0.15, 0.2) is 5.82 Å². The lowest BCUT2D eigenvalue weighted by molar-refractivity contribution is 0.103. The molecule has 0 atom stereocenters. The van der Waals surface area contributed by atoms with Crippen LogP contribution in [0.15, 0.2) is 63.9 Å². The maximum absolute atomic E-state index is 13.0. The monoisotopic (exact) mass is 482 g/mol. The van der Waals surface area contributed by atoms with E-state index in [4.69, 9.17) is 0 Å². The number of ketones is 1. The Labute approximate surface area is 170 Å². The molecule has 0 amide bonds. The van der Waals surface area contributed by atoms with Gasteiger partial charge in [-0.3, -0.25) is 4.79 Å². The van der Waals surface area contributed by atoms with Gasteiger partial charge in [-0.1, -0.05) is 44.0 Å². The number of hydrogen-bond acceptors (Lipinski definition) is 2. The van der Waals surface area contributed by atoms with Gasteiger partial charge in [-0.15, -0.1) is 0 Å². The second-order valence-electron chi connectivity index (χ2n) is 6.25. The van der Waals surface area contributed by atoms with E-state index in [0.717, 1.165) is 42.0 Å². The highest BCUT2D eigenvalue weighted by atomic mass is 79.9. The first-order chi connectivity index (χ1) is 13.1. The van der Waals surface area contributed by atoms with Gasteiger partial charge in [0.05, 0.1) is 11.3 Å². The lowest BCUT2D eigenvalue weighted by Crippen LogP contribution is -2.02. The fraction of sp³-hybridized carbons (Fsp3) is 0. The molecule has 5 nitrogen and oxygen atoms in total. The van der Waals surface area contributed by atoms with Crippen LogP contribution in [-0.2, 0) is 0 Å². The van der Waals surface area contributed by atoms with Gasteiger partial charge in [-0.25, -0.2) is 4.98 Å². The molecule has 0 saturated heterocycles. The maximum atomic E-state index is 13.0. The Morgan fingerprint density at radius 1 is 0.815 bits per heavy atom. The number of imidazole rings is 1. The average molecular weight is 484 g/mol. The maximum Gasteiger partial charge on any atom is 0.230 e. The first-order valence-corrected chi connectivity index (χ1v) is 9.82. The van der Waals surface area contributed by atoms with Crippen molar-refractivity contribution in [1.82, 2.24) is 19.9 Å². The third-order valence-electron chi connectivity index (χ3n) is 4.60. The summed E-state index contributed by atoms with van der Waals surface area (Å²) in [4.78, 5) is 26.9. The molecule has 0 aliphatic heterocycles. The lowest BCUT2D eigenvalue weighted by Gasteiger charge is -1.97. The molecule has 0 bridgehead atoms. The second kappa shape index (κ2) is 6.21. The number of carbonyl (C=O) groups is 1. The molecule has 3 N–H and O–H groups in total. The molecular weight excluding hydrogens is 472 g/mol. The minimum atomic E-state index is -0.141. The fourth-order valence-electron chi connectivity index (χ4n) is 3.30. The van der Waals surface area contributed by atoms with Gasteiger partial charge >= 0.3 is 0 Å². The highest BCUT2D eigenvalue weighted by Gasteiger charge is 2.19. The smallest absolute Gasteiger partial charge is 0.230 e. The van der Waals surface area contributed by atoms with Crippen molar-refractivity contribution in [2.45, 2.75) is 0 Å². The predicted octanol–water partition coefficient (Wildman–Crippen LogP) is 5.80. The van der Waals surface area contributed by atoms with Gasteiger partial charge in [0, 0.05) is 54.9 Å². The van der Waals surface area contributed by atoms with Crippen molar-refractivity contribution in [2.75, 3.05) is 0 Å². The highest BCUT2D eigenvalue weighted by Crippen LogP contribution is 2.30. The van der Waals surface area contributed by atoms with E-state index in [9.17, 15) is 4.79 Å². The van der Waals surface area contributed by atoms with Gasteiger partial charge in [-0.05, 0) is 24.3 Å². The quantitative estimate of drug-likeness (QED) is 0.284.